The summed E-state index contributed by atoms with van der Waals surface area (Å²) in [7, 11) is 0. The molecule has 0 fully saturated rings. The van der Waals surface area contributed by atoms with Gasteiger partial charge in [-0.25, -0.2) is 4.79 Å². The lowest BCUT2D eigenvalue weighted by Gasteiger charge is -2.09. The van der Waals surface area contributed by atoms with Gasteiger partial charge in [0, 0.05) is 6.20 Å². The van der Waals surface area contributed by atoms with Crippen LogP contribution in [0.2, 0.25) is 0 Å². The van der Waals surface area contributed by atoms with Gasteiger partial charge in [0.05, 0.1) is 23.8 Å². The van der Waals surface area contributed by atoms with Crippen molar-refractivity contribution in [2.75, 3.05) is 0 Å². The number of hydrogen-bond acceptors (Lipinski definition) is 4. The van der Waals surface area contributed by atoms with Crippen LogP contribution in [0.4, 0.5) is 0 Å². The lowest BCUT2D eigenvalue weighted by atomic mass is 10.2. The Kier molecular flexibility index (Phi) is 4.59. The van der Waals surface area contributed by atoms with Gasteiger partial charge in [-0.3, -0.25) is 9.78 Å². The van der Waals surface area contributed by atoms with Crippen molar-refractivity contribution in [3.05, 3.63) is 29.6 Å². The molecule has 6 nitrogen and oxygen atoms in total. The van der Waals surface area contributed by atoms with Crippen molar-refractivity contribution in [2.45, 2.75) is 25.9 Å². The Hall–Kier alpha value is -1.95. The predicted molar refractivity (Wildman–Crippen MR) is 61.3 cm³/mol. The number of carboxylic acid groups (broad SMARTS) is 1. The number of aromatic nitrogens is 1. The van der Waals surface area contributed by atoms with E-state index in [2.05, 4.69) is 10.3 Å². The van der Waals surface area contributed by atoms with Crippen molar-refractivity contribution >= 4 is 11.9 Å². The van der Waals surface area contributed by atoms with Crippen molar-refractivity contribution in [3.63, 3.8) is 0 Å². The van der Waals surface area contributed by atoms with Crippen LogP contribution in [0.15, 0.2) is 18.3 Å². The SMILES string of the molecule is CC[C@H](N)C(=O)NCc1cc(C(=O)O)ccn1. The zero-order valence-corrected chi connectivity index (χ0v) is 9.51. The number of rotatable bonds is 5. The third-order valence-corrected chi connectivity index (χ3v) is 2.28. The first kappa shape index (κ1) is 13.1. The fourth-order valence-electron chi connectivity index (χ4n) is 1.20. The summed E-state index contributed by atoms with van der Waals surface area (Å²) >= 11 is 0. The number of nitrogens with one attached hydrogen (secondary N) is 1. The molecule has 0 unspecified atom stereocenters. The molecule has 0 spiro atoms. The number of carboxylic acids is 1. The normalized spacial score (nSPS) is 11.9. The van der Waals surface area contributed by atoms with E-state index in [1.54, 1.807) is 0 Å². The largest absolute Gasteiger partial charge is 0.478 e. The van der Waals surface area contributed by atoms with Gasteiger partial charge >= 0.3 is 5.97 Å². The van der Waals surface area contributed by atoms with E-state index in [-0.39, 0.29) is 18.0 Å². The standard InChI is InChI=1S/C11H15N3O3/c1-2-9(12)10(15)14-6-8-5-7(11(16)17)3-4-13-8/h3-5,9H,2,6,12H2,1H3,(H,14,15)(H,16,17)/t9-/m0/s1. The van der Waals surface area contributed by atoms with Crippen LogP contribution >= 0.6 is 0 Å². The first-order valence-electron chi connectivity index (χ1n) is 5.26. The van der Waals surface area contributed by atoms with Crippen molar-refractivity contribution in [1.82, 2.24) is 10.3 Å². The molecular formula is C11H15N3O3. The van der Waals surface area contributed by atoms with Crippen LogP contribution in [-0.2, 0) is 11.3 Å². The van der Waals surface area contributed by atoms with Gasteiger partial charge in [-0.15, -0.1) is 0 Å². The molecule has 4 N–H and O–H groups in total. The van der Waals surface area contributed by atoms with Gasteiger partial charge in [-0.1, -0.05) is 6.92 Å². The molecule has 0 aliphatic rings. The van der Waals surface area contributed by atoms with Crippen molar-refractivity contribution < 1.29 is 14.7 Å². The van der Waals surface area contributed by atoms with Crippen LogP contribution in [0, 0.1) is 0 Å². The van der Waals surface area contributed by atoms with Crippen molar-refractivity contribution in [2.24, 2.45) is 5.73 Å². The lowest BCUT2D eigenvalue weighted by Crippen LogP contribution is -2.39. The Morgan fingerprint density at radius 1 is 1.59 bits per heavy atom. The fourth-order valence-corrected chi connectivity index (χ4v) is 1.20. The molecule has 0 aliphatic carbocycles. The second-order valence-electron chi connectivity index (χ2n) is 3.57. The van der Waals surface area contributed by atoms with E-state index in [0.29, 0.717) is 12.1 Å². The molecule has 1 heterocycles. The minimum Gasteiger partial charge on any atom is -0.478 e. The zero-order valence-electron chi connectivity index (χ0n) is 9.51. The molecular weight excluding hydrogens is 222 g/mol. The minimum absolute atomic E-state index is 0.143. The van der Waals surface area contributed by atoms with E-state index in [9.17, 15) is 9.59 Å². The fraction of sp³-hybridized carbons (Fsp3) is 0.364. The molecule has 0 aliphatic heterocycles. The second kappa shape index (κ2) is 5.95. The average molecular weight is 237 g/mol. The van der Waals surface area contributed by atoms with E-state index in [1.165, 1.54) is 18.3 Å². The van der Waals surface area contributed by atoms with Gasteiger partial charge < -0.3 is 16.2 Å². The quantitative estimate of drug-likeness (QED) is 0.675. The summed E-state index contributed by atoms with van der Waals surface area (Å²) in [4.78, 5) is 26.1. The van der Waals surface area contributed by atoms with E-state index >= 15 is 0 Å². The molecule has 1 aromatic rings. The third-order valence-electron chi connectivity index (χ3n) is 2.28. The first-order chi connectivity index (χ1) is 8.04. The molecule has 0 saturated heterocycles. The van der Waals surface area contributed by atoms with Gasteiger partial charge in [-0.2, -0.15) is 0 Å². The van der Waals surface area contributed by atoms with Gasteiger partial charge in [0.25, 0.3) is 0 Å². The molecule has 1 aromatic heterocycles. The Labute approximate surface area is 98.8 Å². The Morgan fingerprint density at radius 3 is 2.88 bits per heavy atom. The smallest absolute Gasteiger partial charge is 0.335 e. The number of amides is 1. The molecule has 0 saturated carbocycles. The monoisotopic (exact) mass is 237 g/mol. The highest BCUT2D eigenvalue weighted by Crippen LogP contribution is 2.01. The Bertz CT molecular complexity index is 420. The predicted octanol–water partition coefficient (Wildman–Crippen LogP) is 0.133. The van der Waals surface area contributed by atoms with Crippen molar-refractivity contribution in [3.8, 4) is 0 Å². The molecule has 17 heavy (non-hydrogen) atoms. The van der Waals surface area contributed by atoms with E-state index in [0.717, 1.165) is 0 Å². The molecule has 1 amide bonds. The maximum atomic E-state index is 11.4. The van der Waals surface area contributed by atoms with Crippen LogP contribution in [0.5, 0.6) is 0 Å². The highest BCUT2D eigenvalue weighted by atomic mass is 16.4. The molecule has 0 aromatic carbocycles. The average Bonchev–Trinajstić information content (AvgIpc) is 2.35. The van der Waals surface area contributed by atoms with Crippen LogP contribution in [0.3, 0.4) is 0 Å². The number of carbonyl (C=O) groups is 2. The number of aromatic carboxylic acids is 1. The van der Waals surface area contributed by atoms with E-state index < -0.39 is 12.0 Å². The number of nitrogens with zero attached hydrogens (tertiary/aromatic N) is 1. The highest BCUT2D eigenvalue weighted by Gasteiger charge is 2.11. The topological polar surface area (TPSA) is 105 Å². The first-order valence-corrected chi connectivity index (χ1v) is 5.26. The number of carbonyl (C=O) groups excluding carboxylic acids is 1. The van der Waals surface area contributed by atoms with Crippen LogP contribution in [-0.4, -0.2) is 28.0 Å². The summed E-state index contributed by atoms with van der Waals surface area (Å²) in [6.45, 7) is 1.99. The number of nitrogens with two attached hydrogens (primary N) is 1. The third kappa shape index (κ3) is 3.84. The van der Waals surface area contributed by atoms with Gasteiger partial charge in [0.1, 0.15) is 0 Å². The maximum Gasteiger partial charge on any atom is 0.335 e. The minimum atomic E-state index is -1.02. The molecule has 1 rings (SSSR count). The van der Waals surface area contributed by atoms with Crippen LogP contribution < -0.4 is 11.1 Å². The van der Waals surface area contributed by atoms with Crippen LogP contribution in [0.1, 0.15) is 29.4 Å². The van der Waals surface area contributed by atoms with Gasteiger partial charge in [-0.05, 0) is 18.6 Å². The van der Waals surface area contributed by atoms with E-state index in [1.807, 2.05) is 6.92 Å². The lowest BCUT2D eigenvalue weighted by molar-refractivity contribution is -0.122. The zero-order chi connectivity index (χ0) is 12.8. The summed E-state index contributed by atoms with van der Waals surface area (Å²) in [6.07, 6.45) is 1.94. The van der Waals surface area contributed by atoms with E-state index in [4.69, 9.17) is 10.8 Å². The maximum absolute atomic E-state index is 11.4. The second-order valence-corrected chi connectivity index (χ2v) is 3.57. The molecule has 0 radical (unpaired) electrons. The highest BCUT2D eigenvalue weighted by molar-refractivity contribution is 5.87. The molecule has 92 valence electrons. The van der Waals surface area contributed by atoms with Gasteiger partial charge in [0.2, 0.25) is 5.91 Å². The molecule has 1 atom stereocenters. The Morgan fingerprint density at radius 2 is 2.29 bits per heavy atom. The summed E-state index contributed by atoms with van der Waals surface area (Å²) in [5.41, 5.74) is 6.16. The van der Waals surface area contributed by atoms with Gasteiger partial charge in [0.15, 0.2) is 0 Å². The summed E-state index contributed by atoms with van der Waals surface area (Å²) < 4.78 is 0. The summed E-state index contributed by atoms with van der Waals surface area (Å²) in [5, 5.41) is 11.4. The van der Waals surface area contributed by atoms with Crippen molar-refractivity contribution in [1.29, 1.82) is 0 Å². The Balaban J connectivity index is 2.60. The molecule has 0 bridgehead atoms. The molecule has 6 heteroatoms. The number of pyridine rings is 1. The number of hydrogen-bond donors (Lipinski definition) is 3. The van der Waals surface area contributed by atoms with Crippen LogP contribution in [0.25, 0.3) is 0 Å². The summed E-state index contributed by atoms with van der Waals surface area (Å²) in [5.74, 6) is -1.29. The summed E-state index contributed by atoms with van der Waals surface area (Å²) in [6, 6.07) is 2.27.